The van der Waals surface area contributed by atoms with Crippen molar-refractivity contribution in [2.75, 3.05) is 5.75 Å². The lowest BCUT2D eigenvalue weighted by molar-refractivity contribution is -0.139. The Kier molecular flexibility index (Phi) is 7.00. The van der Waals surface area contributed by atoms with Crippen LogP contribution in [0.1, 0.15) is 53.9 Å². The van der Waals surface area contributed by atoms with Crippen LogP contribution in [-0.4, -0.2) is 31.3 Å². The van der Waals surface area contributed by atoms with E-state index in [-0.39, 0.29) is 17.1 Å². The fourth-order valence-corrected chi connectivity index (χ4v) is 3.01. The first kappa shape index (κ1) is 18.4. The van der Waals surface area contributed by atoms with Crippen LogP contribution in [0.15, 0.2) is 0 Å². The molecule has 1 atom stereocenters. The molecule has 0 unspecified atom stereocenters. The van der Waals surface area contributed by atoms with Crippen LogP contribution in [0.3, 0.4) is 0 Å². The molecule has 0 bridgehead atoms. The topological polar surface area (TPSA) is 83.5 Å². The minimum atomic E-state index is -3.52. The van der Waals surface area contributed by atoms with Crippen molar-refractivity contribution in [3.8, 4) is 0 Å². The van der Waals surface area contributed by atoms with Crippen molar-refractivity contribution in [3.63, 3.8) is 0 Å². The molecular weight excluding hydrogens is 266 g/mol. The largest absolute Gasteiger partial charge is 0.480 e. The zero-order chi connectivity index (χ0) is 15.3. The SMILES string of the molecule is CC(C)C[C@H](NS(=O)(=O)CCCC(C)(C)C)C(=O)O. The van der Waals surface area contributed by atoms with E-state index in [4.69, 9.17) is 5.11 Å². The molecule has 114 valence electrons. The standard InChI is InChI=1S/C13H27NO4S/c1-10(2)9-11(12(15)16)14-19(17,18)8-6-7-13(3,4)5/h10-11,14H,6-9H2,1-5H3,(H,15,16)/t11-/m0/s1. The van der Waals surface area contributed by atoms with Gasteiger partial charge in [0.05, 0.1) is 5.75 Å². The third-order valence-corrected chi connectivity index (χ3v) is 4.14. The molecule has 0 rings (SSSR count). The molecular formula is C13H27NO4S. The first-order chi connectivity index (χ1) is 8.43. The third-order valence-electron chi connectivity index (χ3n) is 2.67. The van der Waals surface area contributed by atoms with Gasteiger partial charge in [-0.15, -0.1) is 0 Å². The summed E-state index contributed by atoms with van der Waals surface area (Å²) in [5.74, 6) is -1.02. The van der Waals surface area contributed by atoms with Crippen LogP contribution in [0.5, 0.6) is 0 Å². The van der Waals surface area contributed by atoms with E-state index in [2.05, 4.69) is 4.72 Å². The van der Waals surface area contributed by atoms with Gasteiger partial charge in [-0.1, -0.05) is 34.6 Å². The van der Waals surface area contributed by atoms with Gasteiger partial charge < -0.3 is 5.11 Å². The van der Waals surface area contributed by atoms with Crippen molar-refractivity contribution < 1.29 is 18.3 Å². The quantitative estimate of drug-likeness (QED) is 0.719. The lowest BCUT2D eigenvalue weighted by Crippen LogP contribution is -2.42. The van der Waals surface area contributed by atoms with Crippen molar-refractivity contribution in [2.45, 2.75) is 59.9 Å². The molecule has 0 saturated heterocycles. The molecule has 6 heteroatoms. The van der Waals surface area contributed by atoms with Gasteiger partial charge in [0.1, 0.15) is 6.04 Å². The van der Waals surface area contributed by atoms with Gasteiger partial charge in [-0.25, -0.2) is 13.1 Å². The van der Waals surface area contributed by atoms with Gasteiger partial charge in [-0.3, -0.25) is 4.79 Å². The maximum Gasteiger partial charge on any atom is 0.321 e. The second-order valence-corrected chi connectivity index (χ2v) is 8.49. The van der Waals surface area contributed by atoms with E-state index >= 15 is 0 Å². The minimum Gasteiger partial charge on any atom is -0.480 e. The smallest absolute Gasteiger partial charge is 0.321 e. The molecule has 0 amide bonds. The Balaban J connectivity index is 4.44. The summed E-state index contributed by atoms with van der Waals surface area (Å²) in [6.07, 6.45) is 1.62. The average molecular weight is 293 g/mol. The maximum atomic E-state index is 11.8. The highest BCUT2D eigenvalue weighted by Gasteiger charge is 2.25. The van der Waals surface area contributed by atoms with Crippen molar-refractivity contribution in [2.24, 2.45) is 11.3 Å². The van der Waals surface area contributed by atoms with Crippen LogP contribution in [-0.2, 0) is 14.8 Å². The van der Waals surface area contributed by atoms with Gasteiger partial charge >= 0.3 is 5.97 Å². The van der Waals surface area contributed by atoms with Gasteiger partial charge in [-0.05, 0) is 30.6 Å². The Bertz CT molecular complexity index is 382. The molecule has 0 saturated carbocycles. The van der Waals surface area contributed by atoms with E-state index in [0.29, 0.717) is 12.8 Å². The fraction of sp³-hybridized carbons (Fsp3) is 0.923. The molecule has 0 aliphatic carbocycles. The van der Waals surface area contributed by atoms with Crippen LogP contribution in [0.25, 0.3) is 0 Å². The summed E-state index contributed by atoms with van der Waals surface area (Å²) < 4.78 is 26.0. The third kappa shape index (κ3) is 9.90. The Labute approximate surface area is 116 Å². The Morgan fingerprint density at radius 3 is 2.16 bits per heavy atom. The van der Waals surface area contributed by atoms with Gasteiger partial charge in [0.25, 0.3) is 0 Å². The molecule has 0 aromatic heterocycles. The number of carboxylic acids is 1. The molecule has 5 nitrogen and oxygen atoms in total. The van der Waals surface area contributed by atoms with Crippen molar-refractivity contribution in [1.29, 1.82) is 0 Å². The summed E-state index contributed by atoms with van der Waals surface area (Å²) >= 11 is 0. The van der Waals surface area contributed by atoms with Crippen LogP contribution >= 0.6 is 0 Å². The number of nitrogens with one attached hydrogen (secondary N) is 1. The Hall–Kier alpha value is -0.620. The fourth-order valence-electron chi connectivity index (χ4n) is 1.74. The maximum absolute atomic E-state index is 11.8. The van der Waals surface area contributed by atoms with Gasteiger partial charge in [0.15, 0.2) is 0 Å². The van der Waals surface area contributed by atoms with E-state index in [1.54, 1.807) is 0 Å². The first-order valence-corrected chi connectivity index (χ1v) is 8.31. The predicted octanol–water partition coefficient (Wildman–Crippen LogP) is 2.23. The second-order valence-electron chi connectivity index (χ2n) is 6.62. The number of hydrogen-bond donors (Lipinski definition) is 2. The van der Waals surface area contributed by atoms with Crippen molar-refractivity contribution in [3.05, 3.63) is 0 Å². The van der Waals surface area contributed by atoms with E-state index in [1.807, 2.05) is 34.6 Å². The van der Waals surface area contributed by atoms with Crippen LogP contribution in [0, 0.1) is 11.3 Å². The summed E-state index contributed by atoms with van der Waals surface area (Å²) in [7, 11) is -3.52. The highest BCUT2D eigenvalue weighted by molar-refractivity contribution is 7.89. The summed E-state index contributed by atoms with van der Waals surface area (Å²) in [5.41, 5.74) is 0.0830. The lowest BCUT2D eigenvalue weighted by atomic mass is 9.91. The highest BCUT2D eigenvalue weighted by Crippen LogP contribution is 2.20. The molecule has 0 spiro atoms. The average Bonchev–Trinajstić information content (AvgIpc) is 2.12. The molecule has 0 aromatic carbocycles. The zero-order valence-electron chi connectivity index (χ0n) is 12.6. The highest BCUT2D eigenvalue weighted by atomic mass is 32.2. The number of carboxylic acid groups (broad SMARTS) is 1. The number of hydrogen-bond acceptors (Lipinski definition) is 3. The Morgan fingerprint density at radius 1 is 1.26 bits per heavy atom. The summed E-state index contributed by atoms with van der Waals surface area (Å²) in [5, 5.41) is 9.01. The Morgan fingerprint density at radius 2 is 1.79 bits per heavy atom. The van der Waals surface area contributed by atoms with Gasteiger partial charge in [0.2, 0.25) is 10.0 Å². The minimum absolute atomic E-state index is 0.0217. The number of carbonyl (C=O) groups is 1. The summed E-state index contributed by atoms with van der Waals surface area (Å²) in [6.45, 7) is 9.87. The van der Waals surface area contributed by atoms with E-state index in [1.165, 1.54) is 0 Å². The molecule has 0 heterocycles. The van der Waals surface area contributed by atoms with Crippen molar-refractivity contribution in [1.82, 2.24) is 4.72 Å². The number of sulfonamides is 1. The van der Waals surface area contributed by atoms with Gasteiger partial charge in [-0.2, -0.15) is 0 Å². The predicted molar refractivity (Wildman–Crippen MR) is 76.5 cm³/mol. The molecule has 0 radical (unpaired) electrons. The monoisotopic (exact) mass is 293 g/mol. The number of aliphatic carboxylic acids is 1. The lowest BCUT2D eigenvalue weighted by Gasteiger charge is -2.19. The molecule has 2 N–H and O–H groups in total. The van der Waals surface area contributed by atoms with E-state index in [9.17, 15) is 13.2 Å². The van der Waals surface area contributed by atoms with Crippen LogP contribution in [0.4, 0.5) is 0 Å². The summed E-state index contributed by atoms with van der Waals surface area (Å²) in [4.78, 5) is 11.0. The second kappa shape index (κ2) is 7.24. The summed E-state index contributed by atoms with van der Waals surface area (Å²) in [6, 6.07) is -1.03. The normalized spacial score (nSPS) is 14.6. The molecule has 0 fully saturated rings. The van der Waals surface area contributed by atoms with Crippen LogP contribution < -0.4 is 4.72 Å². The first-order valence-electron chi connectivity index (χ1n) is 6.66. The van der Waals surface area contributed by atoms with Crippen LogP contribution in [0.2, 0.25) is 0 Å². The van der Waals surface area contributed by atoms with E-state index in [0.717, 1.165) is 6.42 Å². The molecule has 0 aliphatic heterocycles. The van der Waals surface area contributed by atoms with Crippen molar-refractivity contribution >= 4 is 16.0 Å². The molecule has 0 aliphatic rings. The molecule has 0 aromatic rings. The zero-order valence-corrected chi connectivity index (χ0v) is 13.4. The number of rotatable bonds is 8. The van der Waals surface area contributed by atoms with Gasteiger partial charge in [0, 0.05) is 0 Å². The molecule has 19 heavy (non-hydrogen) atoms. The van der Waals surface area contributed by atoms with E-state index < -0.39 is 22.0 Å².